The van der Waals surface area contributed by atoms with Gasteiger partial charge in [0.1, 0.15) is 12.6 Å². The van der Waals surface area contributed by atoms with Gasteiger partial charge in [-0.1, -0.05) is 0 Å². The van der Waals surface area contributed by atoms with E-state index in [9.17, 15) is 9.59 Å². The maximum absolute atomic E-state index is 10.3. The number of halogens is 1. The first kappa shape index (κ1) is 8.01. The molecule has 0 aromatic rings. The number of allylic oxidation sites excluding steroid dienone is 2. The van der Waals surface area contributed by atoms with Gasteiger partial charge in [-0.2, -0.15) is 0 Å². The van der Waals surface area contributed by atoms with Crippen LogP contribution in [-0.2, 0) is 9.59 Å². The van der Waals surface area contributed by atoms with E-state index < -0.39 is 0 Å². The highest BCUT2D eigenvalue weighted by atomic mass is 35.5. The normalized spacial score (nSPS) is 17.0. The van der Waals surface area contributed by atoms with Crippen LogP contribution in [0, 0.1) is 0 Å². The van der Waals surface area contributed by atoms with E-state index in [0.29, 0.717) is 30.1 Å². The van der Waals surface area contributed by atoms with Crippen LogP contribution in [0.1, 0.15) is 6.42 Å². The molecule has 0 saturated carbocycles. The van der Waals surface area contributed by atoms with E-state index in [2.05, 4.69) is 0 Å². The van der Waals surface area contributed by atoms with Gasteiger partial charge in [-0.15, -0.1) is 0 Å². The maximum Gasteiger partial charge on any atom is 0.147 e. The molecule has 11 heavy (non-hydrogen) atoms. The second-order valence-electron chi connectivity index (χ2n) is 2.16. The van der Waals surface area contributed by atoms with Crippen molar-refractivity contribution >= 4 is 24.3 Å². The average molecular weight is 172 g/mol. The summed E-state index contributed by atoms with van der Waals surface area (Å²) in [5.41, 5.74) is 1.01. The number of hydrogen-bond acceptors (Lipinski definition) is 3. The van der Waals surface area contributed by atoms with Crippen LogP contribution in [0.5, 0.6) is 0 Å². The van der Waals surface area contributed by atoms with Gasteiger partial charge in [0.25, 0.3) is 0 Å². The van der Waals surface area contributed by atoms with Gasteiger partial charge in [-0.3, -0.25) is 14.0 Å². The first-order chi connectivity index (χ1) is 5.26. The van der Waals surface area contributed by atoms with Gasteiger partial charge in [0, 0.05) is 41.7 Å². The zero-order valence-corrected chi connectivity index (χ0v) is 6.41. The number of carbonyl (C=O) groups is 2. The van der Waals surface area contributed by atoms with E-state index in [1.807, 2.05) is 0 Å². The molecule has 0 unspecified atom stereocenters. The highest BCUT2D eigenvalue weighted by Gasteiger charge is 2.08. The van der Waals surface area contributed by atoms with Crippen molar-refractivity contribution in [3.05, 3.63) is 23.5 Å². The Bertz CT molecular complexity index is 221. The van der Waals surface area contributed by atoms with Crippen molar-refractivity contribution in [1.82, 2.24) is 4.42 Å². The van der Waals surface area contributed by atoms with Gasteiger partial charge in [0.05, 0.1) is 0 Å². The lowest BCUT2D eigenvalue weighted by molar-refractivity contribution is -0.105. The van der Waals surface area contributed by atoms with Crippen LogP contribution in [0.2, 0.25) is 0 Å². The summed E-state index contributed by atoms with van der Waals surface area (Å²) in [4.78, 5) is 20.5. The SMILES string of the molecule is O=CC1=CN(Cl)C=C(C=O)C1. The minimum atomic E-state index is 0.371. The molecule has 0 fully saturated rings. The molecule has 0 bridgehead atoms. The van der Waals surface area contributed by atoms with Gasteiger partial charge >= 0.3 is 0 Å². The fourth-order valence-electron chi connectivity index (χ4n) is 0.825. The highest BCUT2D eigenvalue weighted by molar-refractivity contribution is 6.15. The van der Waals surface area contributed by atoms with Crippen molar-refractivity contribution in [2.24, 2.45) is 0 Å². The molecular formula is C7H6ClNO2. The molecule has 1 aliphatic rings. The molecule has 0 aromatic heterocycles. The lowest BCUT2D eigenvalue weighted by Crippen LogP contribution is -2.06. The average Bonchev–Trinajstić information content (AvgIpc) is 2.03. The predicted octanol–water partition coefficient (Wildman–Crippen LogP) is 1.01. The Kier molecular flexibility index (Phi) is 2.44. The summed E-state index contributed by atoms with van der Waals surface area (Å²) < 4.78 is 1.18. The number of carbonyl (C=O) groups excluding carboxylic acids is 2. The number of hydrogen-bond donors (Lipinski definition) is 0. The monoisotopic (exact) mass is 171 g/mol. The molecule has 3 nitrogen and oxygen atoms in total. The summed E-state index contributed by atoms with van der Waals surface area (Å²) in [5.74, 6) is 0. The third-order valence-corrected chi connectivity index (χ3v) is 1.48. The van der Waals surface area contributed by atoms with E-state index in [1.165, 1.54) is 16.8 Å². The number of aldehydes is 2. The van der Waals surface area contributed by atoms with Crippen molar-refractivity contribution in [2.75, 3.05) is 0 Å². The standard InChI is InChI=1S/C7H6ClNO2/c8-9-2-6(4-10)1-7(3-9)5-11/h2-5H,1H2. The summed E-state index contributed by atoms with van der Waals surface area (Å²) in [6.07, 6.45) is 4.69. The van der Waals surface area contributed by atoms with Crippen LogP contribution < -0.4 is 0 Å². The molecule has 1 heterocycles. The Balaban J connectivity index is 2.79. The molecule has 0 saturated heterocycles. The zero-order chi connectivity index (χ0) is 8.27. The molecule has 0 amide bonds. The van der Waals surface area contributed by atoms with Crippen molar-refractivity contribution in [3.63, 3.8) is 0 Å². The van der Waals surface area contributed by atoms with Crippen LogP contribution in [0.25, 0.3) is 0 Å². The van der Waals surface area contributed by atoms with E-state index >= 15 is 0 Å². The van der Waals surface area contributed by atoms with Gasteiger partial charge in [0.15, 0.2) is 0 Å². The van der Waals surface area contributed by atoms with Crippen LogP contribution in [0.15, 0.2) is 23.5 Å². The second kappa shape index (κ2) is 3.34. The highest BCUT2D eigenvalue weighted by Crippen LogP contribution is 2.16. The first-order valence-corrected chi connectivity index (χ1v) is 3.36. The summed E-state index contributed by atoms with van der Waals surface area (Å²) in [6, 6.07) is 0. The summed E-state index contributed by atoms with van der Waals surface area (Å²) in [7, 11) is 0. The lowest BCUT2D eigenvalue weighted by atomic mass is 10.1. The van der Waals surface area contributed by atoms with Crippen molar-refractivity contribution in [1.29, 1.82) is 0 Å². The maximum atomic E-state index is 10.3. The molecule has 0 aliphatic carbocycles. The van der Waals surface area contributed by atoms with Crippen molar-refractivity contribution < 1.29 is 9.59 Å². The Morgan fingerprint density at radius 2 is 1.73 bits per heavy atom. The molecule has 0 spiro atoms. The van der Waals surface area contributed by atoms with Crippen LogP contribution in [0.3, 0.4) is 0 Å². The smallest absolute Gasteiger partial charge is 0.147 e. The van der Waals surface area contributed by atoms with Gasteiger partial charge in [-0.25, -0.2) is 0 Å². The molecule has 0 radical (unpaired) electrons. The molecular weight excluding hydrogens is 166 g/mol. The molecule has 58 valence electrons. The molecule has 0 atom stereocenters. The number of nitrogens with zero attached hydrogens (tertiary/aromatic N) is 1. The Morgan fingerprint density at radius 3 is 2.09 bits per heavy atom. The fraction of sp³-hybridized carbons (Fsp3) is 0.143. The van der Waals surface area contributed by atoms with Crippen LogP contribution >= 0.6 is 11.8 Å². The Morgan fingerprint density at radius 1 is 1.27 bits per heavy atom. The van der Waals surface area contributed by atoms with Gasteiger partial charge in [-0.05, 0) is 0 Å². The quantitative estimate of drug-likeness (QED) is 0.460. The molecule has 1 rings (SSSR count). The number of rotatable bonds is 2. The zero-order valence-electron chi connectivity index (χ0n) is 5.66. The first-order valence-electron chi connectivity index (χ1n) is 3.02. The van der Waals surface area contributed by atoms with E-state index in [0.717, 1.165) is 0 Å². The van der Waals surface area contributed by atoms with E-state index in [4.69, 9.17) is 11.8 Å². The Hall–Kier alpha value is -1.09. The summed E-state index contributed by atoms with van der Waals surface area (Å²) >= 11 is 5.53. The minimum Gasteiger partial charge on any atom is -0.298 e. The third-order valence-electron chi connectivity index (χ3n) is 1.29. The molecule has 1 aliphatic heterocycles. The third kappa shape index (κ3) is 1.91. The minimum absolute atomic E-state index is 0.371. The lowest BCUT2D eigenvalue weighted by Gasteiger charge is -2.12. The van der Waals surface area contributed by atoms with E-state index in [-0.39, 0.29) is 0 Å². The summed E-state index contributed by atoms with van der Waals surface area (Å²) in [5, 5.41) is 0. The van der Waals surface area contributed by atoms with Crippen LogP contribution in [-0.4, -0.2) is 17.0 Å². The molecule has 4 heteroatoms. The molecule has 0 N–H and O–H groups in total. The van der Waals surface area contributed by atoms with Gasteiger partial charge in [0.2, 0.25) is 0 Å². The largest absolute Gasteiger partial charge is 0.298 e. The predicted molar refractivity (Wildman–Crippen MR) is 40.6 cm³/mol. The van der Waals surface area contributed by atoms with Gasteiger partial charge < -0.3 is 0 Å². The fourth-order valence-corrected chi connectivity index (χ4v) is 1.08. The van der Waals surface area contributed by atoms with Crippen LogP contribution in [0.4, 0.5) is 0 Å². The molecule has 0 aromatic carbocycles. The topological polar surface area (TPSA) is 37.4 Å². The van der Waals surface area contributed by atoms with Crippen molar-refractivity contribution in [2.45, 2.75) is 6.42 Å². The second-order valence-corrected chi connectivity index (χ2v) is 2.56. The summed E-state index contributed by atoms with van der Waals surface area (Å²) in [6.45, 7) is 0. The Labute approximate surface area is 69.0 Å². The van der Waals surface area contributed by atoms with Crippen molar-refractivity contribution in [3.8, 4) is 0 Å². The van der Waals surface area contributed by atoms with E-state index in [1.54, 1.807) is 0 Å².